The van der Waals surface area contributed by atoms with Crippen LogP contribution in [0.5, 0.6) is 23.0 Å². The molecule has 1 aliphatic carbocycles. The summed E-state index contributed by atoms with van der Waals surface area (Å²) in [5.41, 5.74) is 14.9. The van der Waals surface area contributed by atoms with Crippen LogP contribution in [0.25, 0.3) is 44.5 Å². The Hall–Kier alpha value is -6.84. The molecule has 1 heterocycles. The highest BCUT2D eigenvalue weighted by Crippen LogP contribution is 2.56. The lowest BCUT2D eigenvalue weighted by molar-refractivity contribution is 0.360. The Morgan fingerprint density at radius 3 is 1.63 bits per heavy atom. The van der Waals surface area contributed by atoms with Crippen LogP contribution in [0.15, 0.2) is 188 Å². The second-order valence-corrected chi connectivity index (χ2v) is 14.5. The van der Waals surface area contributed by atoms with E-state index in [4.69, 9.17) is 9.47 Å². The largest absolute Gasteiger partial charge is 0.449 e. The van der Waals surface area contributed by atoms with Gasteiger partial charge in [-0.2, -0.15) is 0 Å². The van der Waals surface area contributed by atoms with E-state index in [0.717, 1.165) is 51.0 Å². The number of ether oxygens (including phenoxy) is 2. The van der Waals surface area contributed by atoms with Crippen molar-refractivity contribution >= 4 is 17.1 Å². The zero-order valence-corrected chi connectivity index (χ0v) is 30.2. The Morgan fingerprint density at radius 2 is 0.907 bits per heavy atom. The standard InChI is InChI=1S/C51H37NO2/c1-51(2)44-21-11-9-19-42(44)43-32-48-49(33-45(43)51)54-50-41(20-13-23-47(50)53-48)37-26-30-39(31-27-37)52(38-28-24-35(25-29-38)34-14-5-3-6-15-34)46-22-12-10-18-40(46)36-16-7-4-8-17-36/h3-33H,1-2H3. The summed E-state index contributed by atoms with van der Waals surface area (Å²) >= 11 is 0. The summed E-state index contributed by atoms with van der Waals surface area (Å²) in [6.45, 7) is 4.57. The molecule has 2 aliphatic rings. The molecule has 1 aliphatic heterocycles. The molecule has 0 radical (unpaired) electrons. The number of fused-ring (bicyclic) bond motifs is 5. The van der Waals surface area contributed by atoms with E-state index in [1.807, 2.05) is 12.1 Å². The number of anilines is 3. The van der Waals surface area contributed by atoms with E-state index >= 15 is 0 Å². The van der Waals surface area contributed by atoms with Crippen molar-refractivity contribution in [2.45, 2.75) is 19.3 Å². The fourth-order valence-corrected chi connectivity index (χ4v) is 8.21. The first-order valence-electron chi connectivity index (χ1n) is 18.5. The van der Waals surface area contributed by atoms with Gasteiger partial charge in [-0.05, 0) is 93.0 Å². The summed E-state index contributed by atoms with van der Waals surface area (Å²) in [5, 5.41) is 0. The van der Waals surface area contributed by atoms with Crippen LogP contribution >= 0.6 is 0 Å². The van der Waals surface area contributed by atoms with Crippen LogP contribution in [0.4, 0.5) is 17.1 Å². The molecule has 0 atom stereocenters. The van der Waals surface area contributed by atoms with Gasteiger partial charge in [0, 0.05) is 27.9 Å². The maximum absolute atomic E-state index is 6.77. The van der Waals surface area contributed by atoms with E-state index in [1.54, 1.807) is 0 Å². The molecule has 0 aromatic heterocycles. The van der Waals surface area contributed by atoms with E-state index in [2.05, 4.69) is 195 Å². The van der Waals surface area contributed by atoms with Crippen molar-refractivity contribution < 1.29 is 9.47 Å². The van der Waals surface area contributed by atoms with Crippen molar-refractivity contribution in [1.82, 2.24) is 0 Å². The average molecular weight is 696 g/mol. The second kappa shape index (κ2) is 12.7. The van der Waals surface area contributed by atoms with Gasteiger partial charge in [0.15, 0.2) is 23.0 Å². The van der Waals surface area contributed by atoms with Crippen molar-refractivity contribution in [2.75, 3.05) is 4.90 Å². The fourth-order valence-electron chi connectivity index (χ4n) is 8.21. The van der Waals surface area contributed by atoms with Crippen LogP contribution in [-0.4, -0.2) is 0 Å². The molecule has 54 heavy (non-hydrogen) atoms. The lowest BCUT2D eigenvalue weighted by atomic mass is 9.82. The van der Waals surface area contributed by atoms with Crippen LogP contribution in [0.3, 0.4) is 0 Å². The zero-order valence-electron chi connectivity index (χ0n) is 30.2. The third-order valence-electron chi connectivity index (χ3n) is 11.0. The van der Waals surface area contributed by atoms with E-state index in [9.17, 15) is 0 Å². The molecule has 258 valence electrons. The quantitative estimate of drug-likeness (QED) is 0.173. The van der Waals surface area contributed by atoms with Gasteiger partial charge in [0.1, 0.15) is 0 Å². The van der Waals surface area contributed by atoms with Crippen molar-refractivity contribution in [3.05, 3.63) is 199 Å². The summed E-state index contributed by atoms with van der Waals surface area (Å²) in [4.78, 5) is 2.34. The maximum Gasteiger partial charge on any atom is 0.177 e. The Labute approximate surface area is 316 Å². The predicted molar refractivity (Wildman–Crippen MR) is 222 cm³/mol. The van der Waals surface area contributed by atoms with Gasteiger partial charge in [-0.3, -0.25) is 0 Å². The van der Waals surface area contributed by atoms with E-state index in [0.29, 0.717) is 5.75 Å². The average Bonchev–Trinajstić information content (AvgIpc) is 3.45. The zero-order chi connectivity index (χ0) is 36.2. The van der Waals surface area contributed by atoms with Gasteiger partial charge in [-0.15, -0.1) is 0 Å². The SMILES string of the molecule is CC1(C)c2ccccc2-c2cc3c(cc21)Oc1c(cccc1-c1ccc(N(c2ccc(-c4ccccc4)cc2)c2ccccc2-c2ccccc2)cc1)O3. The molecule has 0 spiro atoms. The Morgan fingerprint density at radius 1 is 0.370 bits per heavy atom. The molecule has 0 saturated heterocycles. The first-order chi connectivity index (χ1) is 26.5. The van der Waals surface area contributed by atoms with Crippen molar-refractivity contribution in [3.63, 3.8) is 0 Å². The lowest BCUT2D eigenvalue weighted by Gasteiger charge is -2.28. The minimum atomic E-state index is -0.132. The molecule has 0 amide bonds. The van der Waals surface area contributed by atoms with Crippen molar-refractivity contribution in [2.24, 2.45) is 0 Å². The smallest absolute Gasteiger partial charge is 0.177 e. The summed E-state index contributed by atoms with van der Waals surface area (Å²) in [5.74, 6) is 2.93. The number of rotatable bonds is 6. The molecule has 0 fully saturated rings. The molecule has 3 nitrogen and oxygen atoms in total. The number of hydrogen-bond donors (Lipinski definition) is 0. The Bertz CT molecular complexity index is 2660. The molecular formula is C51H37NO2. The highest BCUT2D eigenvalue weighted by Gasteiger charge is 2.37. The minimum absolute atomic E-state index is 0.132. The van der Waals surface area contributed by atoms with E-state index in [1.165, 1.54) is 38.9 Å². The highest BCUT2D eigenvalue weighted by atomic mass is 16.6. The van der Waals surface area contributed by atoms with Gasteiger partial charge < -0.3 is 14.4 Å². The topological polar surface area (TPSA) is 21.7 Å². The summed E-state index contributed by atoms with van der Waals surface area (Å²) in [6.07, 6.45) is 0. The monoisotopic (exact) mass is 695 g/mol. The maximum atomic E-state index is 6.77. The molecule has 0 N–H and O–H groups in total. The van der Waals surface area contributed by atoms with Crippen LogP contribution in [0, 0.1) is 0 Å². The van der Waals surface area contributed by atoms with E-state index in [-0.39, 0.29) is 5.41 Å². The summed E-state index contributed by atoms with van der Waals surface area (Å²) < 4.78 is 13.4. The molecule has 8 aromatic rings. The second-order valence-electron chi connectivity index (χ2n) is 14.5. The number of hydrogen-bond acceptors (Lipinski definition) is 3. The molecule has 3 heteroatoms. The van der Waals surface area contributed by atoms with Gasteiger partial charge in [0.25, 0.3) is 0 Å². The molecule has 8 aromatic carbocycles. The highest BCUT2D eigenvalue weighted by molar-refractivity contribution is 5.90. The lowest BCUT2D eigenvalue weighted by Crippen LogP contribution is -2.15. The van der Waals surface area contributed by atoms with Crippen LogP contribution in [-0.2, 0) is 5.41 Å². The van der Waals surface area contributed by atoms with Crippen molar-refractivity contribution in [1.29, 1.82) is 0 Å². The first kappa shape index (κ1) is 31.9. The van der Waals surface area contributed by atoms with Gasteiger partial charge in [-0.1, -0.05) is 153 Å². The van der Waals surface area contributed by atoms with Gasteiger partial charge in [-0.25, -0.2) is 0 Å². The summed E-state index contributed by atoms with van der Waals surface area (Å²) in [6, 6.07) is 66.5. The molecular weight excluding hydrogens is 659 g/mol. The first-order valence-corrected chi connectivity index (χ1v) is 18.5. The van der Waals surface area contributed by atoms with Crippen LogP contribution in [0.2, 0.25) is 0 Å². The normalized spacial score (nSPS) is 13.1. The molecule has 10 rings (SSSR count). The third-order valence-corrected chi connectivity index (χ3v) is 11.0. The van der Waals surface area contributed by atoms with Crippen LogP contribution in [0.1, 0.15) is 25.0 Å². The fraction of sp³-hybridized carbons (Fsp3) is 0.0588. The summed E-state index contributed by atoms with van der Waals surface area (Å²) in [7, 11) is 0. The molecule has 0 saturated carbocycles. The van der Waals surface area contributed by atoms with E-state index < -0.39 is 0 Å². The molecule has 0 unspecified atom stereocenters. The number of nitrogens with zero attached hydrogens (tertiary/aromatic N) is 1. The Kier molecular flexibility index (Phi) is 7.48. The van der Waals surface area contributed by atoms with Gasteiger partial charge >= 0.3 is 0 Å². The third kappa shape index (κ3) is 5.28. The molecule has 0 bridgehead atoms. The predicted octanol–water partition coefficient (Wildman–Crippen LogP) is 14.4. The van der Waals surface area contributed by atoms with Crippen molar-refractivity contribution in [3.8, 4) is 67.5 Å². The van der Waals surface area contributed by atoms with Gasteiger partial charge in [0.05, 0.1) is 5.69 Å². The van der Waals surface area contributed by atoms with Gasteiger partial charge in [0.2, 0.25) is 0 Å². The van der Waals surface area contributed by atoms with Crippen LogP contribution < -0.4 is 14.4 Å². The number of para-hydroxylation sites is 2. The minimum Gasteiger partial charge on any atom is -0.449 e. The Balaban J connectivity index is 1.03. The number of benzene rings is 8.